The number of morpholine rings is 1. The standard InChI is InChI=1S/C26H32F2N6O2/c1-17(30-19-5-6-21(27)22(28)15-19)20-13-18(26(35)33(4)8-7-32(2)3)14-23-25(20)31-24(16-29-23)34-9-11-36-12-10-34/h5-6,13-17,30H,7-12H2,1-4H3. The third-order valence-corrected chi connectivity index (χ3v) is 6.25. The molecule has 1 aliphatic heterocycles. The van der Waals surface area contributed by atoms with E-state index in [0.29, 0.717) is 55.1 Å². The number of carbonyl (C=O) groups is 1. The number of ether oxygens (including phenoxy) is 1. The number of halogens is 2. The zero-order valence-electron chi connectivity index (χ0n) is 21.1. The molecule has 0 radical (unpaired) electrons. The van der Waals surface area contributed by atoms with Crippen LogP contribution in [0, 0.1) is 11.6 Å². The van der Waals surface area contributed by atoms with Crippen molar-refractivity contribution in [2.24, 2.45) is 0 Å². The molecule has 1 unspecified atom stereocenters. The molecule has 0 saturated carbocycles. The minimum absolute atomic E-state index is 0.126. The van der Waals surface area contributed by atoms with Gasteiger partial charge in [-0.3, -0.25) is 9.78 Å². The van der Waals surface area contributed by atoms with E-state index in [4.69, 9.17) is 9.72 Å². The van der Waals surface area contributed by atoms with Crippen LogP contribution in [0.15, 0.2) is 36.5 Å². The van der Waals surface area contributed by atoms with Crippen molar-refractivity contribution in [1.29, 1.82) is 0 Å². The van der Waals surface area contributed by atoms with E-state index in [1.165, 1.54) is 6.07 Å². The molecule has 36 heavy (non-hydrogen) atoms. The number of aromatic nitrogens is 2. The van der Waals surface area contributed by atoms with Gasteiger partial charge in [0.2, 0.25) is 0 Å². The van der Waals surface area contributed by atoms with Gasteiger partial charge in [-0.05, 0) is 45.3 Å². The van der Waals surface area contributed by atoms with E-state index in [9.17, 15) is 13.6 Å². The number of hydrogen-bond donors (Lipinski definition) is 1. The summed E-state index contributed by atoms with van der Waals surface area (Å²) in [6, 6.07) is 6.87. The van der Waals surface area contributed by atoms with Gasteiger partial charge in [-0.2, -0.15) is 0 Å². The van der Waals surface area contributed by atoms with Gasteiger partial charge in [-0.25, -0.2) is 13.8 Å². The van der Waals surface area contributed by atoms with Gasteiger partial charge in [0, 0.05) is 56.1 Å². The number of fused-ring (bicyclic) bond motifs is 1. The summed E-state index contributed by atoms with van der Waals surface area (Å²) in [5, 5.41) is 3.21. The summed E-state index contributed by atoms with van der Waals surface area (Å²) in [4.78, 5) is 28.6. The number of nitrogens with one attached hydrogen (secondary N) is 1. The fourth-order valence-electron chi connectivity index (χ4n) is 4.12. The molecule has 1 fully saturated rings. The highest BCUT2D eigenvalue weighted by Crippen LogP contribution is 2.29. The first-order chi connectivity index (χ1) is 17.2. The molecule has 192 valence electrons. The molecular weight excluding hydrogens is 466 g/mol. The van der Waals surface area contributed by atoms with E-state index in [2.05, 4.69) is 15.2 Å². The fraction of sp³-hybridized carbons (Fsp3) is 0.423. The molecule has 1 saturated heterocycles. The van der Waals surface area contributed by atoms with Gasteiger partial charge in [-0.1, -0.05) is 0 Å². The Labute approximate surface area is 209 Å². The Balaban J connectivity index is 1.73. The van der Waals surface area contributed by atoms with Crippen molar-refractivity contribution in [3.05, 3.63) is 59.3 Å². The van der Waals surface area contributed by atoms with E-state index in [0.717, 1.165) is 30.1 Å². The van der Waals surface area contributed by atoms with Crippen LogP contribution >= 0.6 is 0 Å². The van der Waals surface area contributed by atoms with Gasteiger partial charge in [0.1, 0.15) is 5.82 Å². The number of benzene rings is 2. The van der Waals surface area contributed by atoms with Crippen molar-refractivity contribution in [3.8, 4) is 0 Å². The molecule has 1 amide bonds. The molecule has 2 heterocycles. The van der Waals surface area contributed by atoms with Crippen LogP contribution in [-0.2, 0) is 4.74 Å². The second kappa shape index (κ2) is 11.1. The average molecular weight is 499 g/mol. The molecule has 4 rings (SSSR count). The Morgan fingerprint density at radius 1 is 1.11 bits per heavy atom. The Morgan fingerprint density at radius 2 is 1.86 bits per heavy atom. The van der Waals surface area contributed by atoms with Crippen LogP contribution in [-0.4, -0.2) is 86.2 Å². The Kier molecular flexibility index (Phi) is 7.95. The second-order valence-corrected chi connectivity index (χ2v) is 9.29. The molecule has 0 bridgehead atoms. The van der Waals surface area contributed by atoms with E-state index in [1.54, 1.807) is 24.2 Å². The minimum atomic E-state index is -0.933. The summed E-state index contributed by atoms with van der Waals surface area (Å²) >= 11 is 0. The zero-order chi connectivity index (χ0) is 25.8. The molecule has 2 aromatic carbocycles. The summed E-state index contributed by atoms with van der Waals surface area (Å²) in [5.41, 5.74) is 2.89. The number of rotatable bonds is 8. The predicted octanol–water partition coefficient (Wildman–Crippen LogP) is 3.55. The summed E-state index contributed by atoms with van der Waals surface area (Å²) < 4.78 is 32.7. The first kappa shape index (κ1) is 25.7. The molecule has 1 atom stereocenters. The Morgan fingerprint density at radius 3 is 2.56 bits per heavy atom. The Hall–Kier alpha value is -3.37. The van der Waals surface area contributed by atoms with E-state index in [-0.39, 0.29) is 11.9 Å². The average Bonchev–Trinajstić information content (AvgIpc) is 2.88. The van der Waals surface area contributed by atoms with Gasteiger partial charge < -0.3 is 24.8 Å². The molecule has 10 heteroatoms. The third kappa shape index (κ3) is 5.88. The van der Waals surface area contributed by atoms with Crippen LogP contribution in [0.2, 0.25) is 0 Å². The van der Waals surface area contributed by atoms with Crippen LogP contribution in [0.25, 0.3) is 11.0 Å². The van der Waals surface area contributed by atoms with Gasteiger partial charge in [0.15, 0.2) is 11.6 Å². The lowest BCUT2D eigenvalue weighted by molar-refractivity contribution is 0.0786. The minimum Gasteiger partial charge on any atom is -0.378 e. The highest BCUT2D eigenvalue weighted by molar-refractivity contribution is 5.98. The number of anilines is 2. The lowest BCUT2D eigenvalue weighted by Crippen LogP contribution is -2.36. The van der Waals surface area contributed by atoms with E-state index < -0.39 is 11.6 Å². The van der Waals surface area contributed by atoms with Crippen molar-refractivity contribution in [2.75, 3.05) is 70.8 Å². The number of nitrogens with zero attached hydrogens (tertiary/aromatic N) is 5. The highest BCUT2D eigenvalue weighted by Gasteiger charge is 2.21. The summed E-state index contributed by atoms with van der Waals surface area (Å²) in [5.74, 6) is -1.24. The molecule has 3 aromatic rings. The molecule has 8 nitrogen and oxygen atoms in total. The summed E-state index contributed by atoms with van der Waals surface area (Å²) in [6.07, 6.45) is 1.72. The summed E-state index contributed by atoms with van der Waals surface area (Å²) in [6.45, 7) is 5.86. The molecule has 1 aliphatic rings. The number of amides is 1. The first-order valence-electron chi connectivity index (χ1n) is 12.0. The fourth-order valence-corrected chi connectivity index (χ4v) is 4.12. The zero-order valence-corrected chi connectivity index (χ0v) is 21.1. The molecular formula is C26H32F2N6O2. The van der Waals surface area contributed by atoms with E-state index in [1.807, 2.05) is 32.0 Å². The topological polar surface area (TPSA) is 73.8 Å². The van der Waals surface area contributed by atoms with Gasteiger partial charge in [-0.15, -0.1) is 0 Å². The van der Waals surface area contributed by atoms with Crippen molar-refractivity contribution in [2.45, 2.75) is 13.0 Å². The van der Waals surface area contributed by atoms with Crippen molar-refractivity contribution < 1.29 is 18.3 Å². The Bertz CT molecular complexity index is 1230. The second-order valence-electron chi connectivity index (χ2n) is 9.29. The van der Waals surface area contributed by atoms with Crippen LogP contribution in [0.4, 0.5) is 20.3 Å². The lowest BCUT2D eigenvalue weighted by Gasteiger charge is -2.28. The SMILES string of the molecule is CC(Nc1ccc(F)c(F)c1)c1cc(C(=O)N(C)CCN(C)C)cc2ncc(N3CCOCC3)nc12. The van der Waals surface area contributed by atoms with Crippen LogP contribution in [0.3, 0.4) is 0 Å². The largest absolute Gasteiger partial charge is 0.378 e. The smallest absolute Gasteiger partial charge is 0.253 e. The lowest BCUT2D eigenvalue weighted by atomic mass is 10.0. The van der Waals surface area contributed by atoms with Crippen molar-refractivity contribution in [1.82, 2.24) is 19.8 Å². The number of carbonyl (C=O) groups excluding carboxylic acids is 1. The first-order valence-corrected chi connectivity index (χ1v) is 12.0. The van der Waals surface area contributed by atoms with Gasteiger partial charge in [0.05, 0.1) is 36.5 Å². The highest BCUT2D eigenvalue weighted by atomic mass is 19.2. The molecule has 0 spiro atoms. The maximum atomic E-state index is 13.8. The predicted molar refractivity (Wildman–Crippen MR) is 136 cm³/mol. The van der Waals surface area contributed by atoms with Crippen LogP contribution in [0.5, 0.6) is 0 Å². The molecule has 1 aromatic heterocycles. The van der Waals surface area contributed by atoms with E-state index >= 15 is 0 Å². The number of likely N-dealkylation sites (N-methyl/N-ethyl adjacent to an activating group) is 2. The van der Waals surface area contributed by atoms with Gasteiger partial charge in [0.25, 0.3) is 5.91 Å². The normalized spacial score (nSPS) is 14.8. The maximum Gasteiger partial charge on any atom is 0.253 e. The van der Waals surface area contributed by atoms with Crippen LogP contribution < -0.4 is 10.2 Å². The van der Waals surface area contributed by atoms with Gasteiger partial charge >= 0.3 is 0 Å². The maximum absolute atomic E-state index is 13.8. The number of hydrogen-bond acceptors (Lipinski definition) is 7. The quantitative estimate of drug-likeness (QED) is 0.509. The van der Waals surface area contributed by atoms with Crippen LogP contribution in [0.1, 0.15) is 28.9 Å². The van der Waals surface area contributed by atoms with Crippen molar-refractivity contribution in [3.63, 3.8) is 0 Å². The van der Waals surface area contributed by atoms with Crippen molar-refractivity contribution >= 4 is 28.4 Å². The summed E-state index contributed by atoms with van der Waals surface area (Å²) in [7, 11) is 5.69. The molecule has 0 aliphatic carbocycles. The third-order valence-electron chi connectivity index (χ3n) is 6.25. The molecule has 1 N–H and O–H groups in total. The monoisotopic (exact) mass is 498 g/mol.